The van der Waals surface area contributed by atoms with Crippen LogP contribution in [0.4, 0.5) is 0 Å². The Bertz CT molecular complexity index is 314. The minimum Gasteiger partial charge on any atom is -0.160 e. The molecule has 1 saturated heterocycles. The summed E-state index contributed by atoms with van der Waals surface area (Å²) < 4.78 is 0. The van der Waals surface area contributed by atoms with Crippen LogP contribution in [0.3, 0.4) is 0 Å². The van der Waals surface area contributed by atoms with E-state index in [0.29, 0.717) is 11.3 Å². The zero-order valence-electron chi connectivity index (χ0n) is 7.75. The van der Waals surface area contributed by atoms with Crippen LogP contribution in [0, 0.1) is 5.92 Å². The Hall–Kier alpha value is 0.150. The molecule has 1 aliphatic heterocycles. The van der Waals surface area contributed by atoms with Gasteiger partial charge in [-0.1, -0.05) is 29.8 Å². The van der Waals surface area contributed by atoms with Crippen molar-refractivity contribution in [3.8, 4) is 0 Å². The van der Waals surface area contributed by atoms with Gasteiger partial charge in [0.2, 0.25) is 0 Å². The Balaban J connectivity index is 2.07. The van der Waals surface area contributed by atoms with Crippen LogP contribution in [-0.2, 0) is 6.42 Å². The van der Waals surface area contributed by atoms with Gasteiger partial charge in [-0.3, -0.25) is 0 Å². The number of halogens is 2. The first-order valence-electron chi connectivity index (χ1n) is 4.72. The summed E-state index contributed by atoms with van der Waals surface area (Å²) in [5.74, 6) is 2.83. The van der Waals surface area contributed by atoms with Gasteiger partial charge in [0, 0.05) is 16.2 Å². The summed E-state index contributed by atoms with van der Waals surface area (Å²) in [4.78, 5) is 0. The second-order valence-electron chi connectivity index (χ2n) is 3.61. The van der Waals surface area contributed by atoms with Gasteiger partial charge < -0.3 is 0 Å². The second-order valence-corrected chi connectivity index (χ2v) is 5.65. The third-order valence-corrected chi connectivity index (χ3v) is 4.88. The molecular formula is C11H12Cl2S. The standard InChI is InChI=1S/C11H12Cl2S/c12-10-4-2-1-3-8(10)5-9-6-14-7-11(9)13/h1-4,9,11H,5-7H2. The highest BCUT2D eigenvalue weighted by atomic mass is 35.5. The van der Waals surface area contributed by atoms with Crippen LogP contribution in [0.5, 0.6) is 0 Å². The van der Waals surface area contributed by atoms with Gasteiger partial charge in [0.1, 0.15) is 0 Å². The molecule has 14 heavy (non-hydrogen) atoms. The predicted octanol–water partition coefficient (Wildman–Crippen LogP) is 3.85. The first-order chi connectivity index (χ1) is 6.77. The van der Waals surface area contributed by atoms with Crippen molar-refractivity contribution >= 4 is 35.0 Å². The van der Waals surface area contributed by atoms with Crippen LogP contribution < -0.4 is 0 Å². The molecule has 1 aromatic carbocycles. The lowest BCUT2D eigenvalue weighted by Crippen LogP contribution is -2.14. The maximum absolute atomic E-state index is 6.22. The minimum absolute atomic E-state index is 0.316. The molecule has 0 nitrogen and oxygen atoms in total. The first-order valence-corrected chi connectivity index (χ1v) is 6.69. The summed E-state index contributed by atoms with van der Waals surface area (Å²) in [6.07, 6.45) is 1.01. The van der Waals surface area contributed by atoms with E-state index in [1.54, 1.807) is 0 Å². The van der Waals surface area contributed by atoms with Crippen molar-refractivity contribution in [1.29, 1.82) is 0 Å². The van der Waals surface area contributed by atoms with E-state index in [0.717, 1.165) is 17.2 Å². The molecule has 1 heterocycles. The first kappa shape index (κ1) is 10.7. The largest absolute Gasteiger partial charge is 0.160 e. The summed E-state index contributed by atoms with van der Waals surface area (Å²) in [6, 6.07) is 8.04. The molecule has 1 fully saturated rings. The Kier molecular flexibility index (Phi) is 3.64. The summed E-state index contributed by atoms with van der Waals surface area (Å²) in [7, 11) is 0. The number of hydrogen-bond acceptors (Lipinski definition) is 1. The van der Waals surface area contributed by atoms with Crippen molar-refractivity contribution in [2.24, 2.45) is 5.92 Å². The highest BCUT2D eigenvalue weighted by Gasteiger charge is 2.26. The monoisotopic (exact) mass is 246 g/mol. The van der Waals surface area contributed by atoms with Crippen LogP contribution in [0.25, 0.3) is 0 Å². The molecule has 76 valence electrons. The average Bonchev–Trinajstić information content (AvgIpc) is 2.56. The molecule has 2 unspecified atom stereocenters. The van der Waals surface area contributed by atoms with Gasteiger partial charge >= 0.3 is 0 Å². The Morgan fingerprint density at radius 1 is 1.29 bits per heavy atom. The molecule has 2 rings (SSSR count). The maximum Gasteiger partial charge on any atom is 0.0465 e. The fourth-order valence-electron chi connectivity index (χ4n) is 1.71. The van der Waals surface area contributed by atoms with Crippen LogP contribution >= 0.6 is 35.0 Å². The fourth-order valence-corrected chi connectivity index (χ4v) is 3.76. The molecule has 0 spiro atoms. The van der Waals surface area contributed by atoms with Crippen LogP contribution in [-0.4, -0.2) is 16.9 Å². The van der Waals surface area contributed by atoms with Gasteiger partial charge in [0.15, 0.2) is 0 Å². The molecule has 0 radical (unpaired) electrons. The van der Waals surface area contributed by atoms with E-state index >= 15 is 0 Å². The van der Waals surface area contributed by atoms with Crippen molar-refractivity contribution in [3.63, 3.8) is 0 Å². The average molecular weight is 247 g/mol. The van der Waals surface area contributed by atoms with Crippen molar-refractivity contribution in [1.82, 2.24) is 0 Å². The third kappa shape index (κ3) is 2.39. The summed E-state index contributed by atoms with van der Waals surface area (Å²) in [6.45, 7) is 0. The molecule has 1 aromatic rings. The smallest absolute Gasteiger partial charge is 0.0465 e. The molecule has 0 aliphatic carbocycles. The molecule has 0 aromatic heterocycles. The Labute approximate surface area is 99.0 Å². The third-order valence-electron chi connectivity index (χ3n) is 2.56. The predicted molar refractivity (Wildman–Crippen MR) is 65.6 cm³/mol. The van der Waals surface area contributed by atoms with E-state index in [4.69, 9.17) is 23.2 Å². The van der Waals surface area contributed by atoms with Crippen molar-refractivity contribution in [2.45, 2.75) is 11.8 Å². The van der Waals surface area contributed by atoms with E-state index in [2.05, 4.69) is 6.07 Å². The maximum atomic E-state index is 6.22. The molecule has 1 aliphatic rings. The van der Waals surface area contributed by atoms with Crippen molar-refractivity contribution in [3.05, 3.63) is 34.9 Å². The zero-order chi connectivity index (χ0) is 9.97. The molecule has 3 heteroatoms. The van der Waals surface area contributed by atoms with E-state index in [1.165, 1.54) is 11.3 Å². The molecule has 0 amide bonds. The van der Waals surface area contributed by atoms with Crippen LogP contribution in [0.2, 0.25) is 5.02 Å². The summed E-state index contributed by atoms with van der Waals surface area (Å²) in [5.41, 5.74) is 1.23. The van der Waals surface area contributed by atoms with Gasteiger partial charge in [-0.05, 0) is 29.7 Å². The van der Waals surface area contributed by atoms with E-state index in [-0.39, 0.29) is 0 Å². The van der Waals surface area contributed by atoms with Gasteiger partial charge in [-0.15, -0.1) is 11.6 Å². The second kappa shape index (κ2) is 4.78. The Morgan fingerprint density at radius 2 is 2.07 bits per heavy atom. The molecule has 0 bridgehead atoms. The quantitative estimate of drug-likeness (QED) is 0.715. The molecule has 0 N–H and O–H groups in total. The number of benzene rings is 1. The van der Waals surface area contributed by atoms with E-state index in [1.807, 2.05) is 30.0 Å². The summed E-state index contributed by atoms with van der Waals surface area (Å²) >= 11 is 14.3. The van der Waals surface area contributed by atoms with Gasteiger partial charge in [-0.2, -0.15) is 11.8 Å². The molecule has 0 saturated carbocycles. The van der Waals surface area contributed by atoms with Crippen molar-refractivity contribution in [2.75, 3.05) is 11.5 Å². The molecule has 2 atom stereocenters. The molecular weight excluding hydrogens is 235 g/mol. The van der Waals surface area contributed by atoms with Crippen LogP contribution in [0.1, 0.15) is 5.56 Å². The number of thioether (sulfide) groups is 1. The lowest BCUT2D eigenvalue weighted by Gasteiger charge is -2.13. The number of alkyl halides is 1. The lowest BCUT2D eigenvalue weighted by molar-refractivity contribution is 0.603. The van der Waals surface area contributed by atoms with Gasteiger partial charge in [0.25, 0.3) is 0 Å². The number of rotatable bonds is 2. The number of hydrogen-bond donors (Lipinski definition) is 0. The minimum atomic E-state index is 0.316. The highest BCUT2D eigenvalue weighted by molar-refractivity contribution is 7.99. The Morgan fingerprint density at radius 3 is 2.71 bits per heavy atom. The topological polar surface area (TPSA) is 0 Å². The van der Waals surface area contributed by atoms with Crippen LogP contribution in [0.15, 0.2) is 24.3 Å². The SMILES string of the molecule is Clc1ccccc1CC1CSCC1Cl. The highest BCUT2D eigenvalue weighted by Crippen LogP contribution is 2.32. The normalized spacial score (nSPS) is 26.7. The van der Waals surface area contributed by atoms with E-state index < -0.39 is 0 Å². The lowest BCUT2D eigenvalue weighted by atomic mass is 9.98. The zero-order valence-corrected chi connectivity index (χ0v) is 10.1. The summed E-state index contributed by atoms with van der Waals surface area (Å²) in [5, 5.41) is 1.18. The van der Waals surface area contributed by atoms with Gasteiger partial charge in [-0.25, -0.2) is 0 Å². The van der Waals surface area contributed by atoms with Gasteiger partial charge in [0.05, 0.1) is 0 Å². The van der Waals surface area contributed by atoms with E-state index in [9.17, 15) is 0 Å². The fraction of sp³-hybridized carbons (Fsp3) is 0.455. The van der Waals surface area contributed by atoms with Crippen molar-refractivity contribution < 1.29 is 0 Å².